The molecule has 3 unspecified atom stereocenters. The molecule has 7 aromatic rings. The van der Waals surface area contributed by atoms with Crippen molar-refractivity contribution in [1.82, 2.24) is 48.9 Å². The molecule has 2 fully saturated rings. The molecule has 6 aromatic heterocycles. The normalized spacial score (nSPS) is 19.3. The van der Waals surface area contributed by atoms with E-state index in [2.05, 4.69) is 43.9 Å². The van der Waals surface area contributed by atoms with Crippen LogP contribution in [0.3, 0.4) is 0 Å². The summed E-state index contributed by atoms with van der Waals surface area (Å²) in [6.45, 7) is 0.204. The topological polar surface area (TPSA) is 230 Å². The van der Waals surface area contributed by atoms with Crippen molar-refractivity contribution in [3.63, 3.8) is 0 Å². The molecule has 2 aliphatic carbocycles. The number of fused-ring (bicyclic) bond motifs is 6. The molecule has 1 aromatic carbocycles. The lowest BCUT2D eigenvalue weighted by atomic mass is 9.83. The molecular formula is C38H46N10O6S3. The van der Waals surface area contributed by atoms with Gasteiger partial charge in [-0.25, -0.2) is 54.6 Å². The summed E-state index contributed by atoms with van der Waals surface area (Å²) in [6, 6.07) is 11.8. The van der Waals surface area contributed by atoms with Crippen LogP contribution in [0.4, 0.5) is 0 Å². The van der Waals surface area contributed by atoms with Crippen LogP contribution in [0.5, 0.6) is 0 Å². The number of nitrogens with zero attached hydrogens (tertiary/aromatic N) is 5. The molecule has 0 radical (unpaired) electrons. The Balaban J connectivity index is 0.000000168. The molecule has 3 atom stereocenters. The van der Waals surface area contributed by atoms with E-state index in [1.54, 1.807) is 48.9 Å². The first-order chi connectivity index (χ1) is 27.3. The highest BCUT2D eigenvalue weighted by Gasteiger charge is 2.43. The van der Waals surface area contributed by atoms with Gasteiger partial charge in [0.05, 0.1) is 58.7 Å². The average Bonchev–Trinajstić information content (AvgIpc) is 4.01. The highest BCUT2D eigenvalue weighted by atomic mass is 32.2. The third kappa shape index (κ3) is 8.20. The molecule has 302 valence electrons. The highest BCUT2D eigenvalue weighted by molar-refractivity contribution is 7.92. The summed E-state index contributed by atoms with van der Waals surface area (Å²) < 4.78 is 82.4. The Labute approximate surface area is 330 Å². The lowest BCUT2D eigenvalue weighted by molar-refractivity contribution is 0.288. The first-order valence-electron chi connectivity index (χ1n) is 19.1. The van der Waals surface area contributed by atoms with Gasteiger partial charge in [-0.05, 0) is 55.9 Å². The minimum atomic E-state index is -3.67. The summed E-state index contributed by atoms with van der Waals surface area (Å²) in [5.74, 6) is 0.679. The SMILES string of the molecule is CS(=O)(=O)NC(c1nc2c(cnc3[nH]ccc32)[nH]1)C1CCCCC1S(=O)(=O)c1ccccc1.CS(=O)(=O)NCc1nc2cnc3[nH]ccc3c2n1C1CCCCC1. The Kier molecular flexibility index (Phi) is 10.7. The van der Waals surface area contributed by atoms with Crippen LogP contribution in [0.1, 0.15) is 81.5 Å². The number of hydrogen-bond acceptors (Lipinski definition) is 10. The number of benzene rings is 1. The van der Waals surface area contributed by atoms with Crippen molar-refractivity contribution in [2.24, 2.45) is 5.92 Å². The number of aromatic nitrogens is 8. The number of pyridine rings is 2. The number of nitrogens with one attached hydrogen (secondary N) is 5. The number of rotatable bonds is 10. The fraction of sp³-hybridized carbons (Fsp3) is 0.421. The second-order valence-corrected chi connectivity index (χ2v) is 20.9. The first kappa shape index (κ1) is 39.2. The summed E-state index contributed by atoms with van der Waals surface area (Å²) in [7, 11) is -10.6. The highest BCUT2D eigenvalue weighted by Crippen LogP contribution is 2.41. The fourth-order valence-electron chi connectivity index (χ4n) is 8.59. The zero-order valence-corrected chi connectivity index (χ0v) is 34.1. The van der Waals surface area contributed by atoms with Crippen LogP contribution in [0.15, 0.2) is 72.1 Å². The summed E-state index contributed by atoms with van der Waals surface area (Å²) in [4.78, 5) is 27.8. The molecular weight excluding hydrogens is 789 g/mol. The van der Waals surface area contributed by atoms with Crippen molar-refractivity contribution in [3.8, 4) is 0 Å². The molecule has 0 spiro atoms. The van der Waals surface area contributed by atoms with Crippen molar-refractivity contribution in [1.29, 1.82) is 0 Å². The Bertz CT molecular complexity index is 2880. The molecule has 0 aliphatic heterocycles. The number of sulfone groups is 1. The van der Waals surface area contributed by atoms with E-state index in [1.807, 2.05) is 18.3 Å². The van der Waals surface area contributed by atoms with Gasteiger partial charge in [-0.15, -0.1) is 0 Å². The maximum atomic E-state index is 13.6. The van der Waals surface area contributed by atoms with Gasteiger partial charge in [0.25, 0.3) is 0 Å². The van der Waals surface area contributed by atoms with E-state index in [4.69, 9.17) is 4.98 Å². The molecule has 0 bridgehead atoms. The minimum Gasteiger partial charge on any atom is -0.346 e. The molecule has 5 N–H and O–H groups in total. The van der Waals surface area contributed by atoms with Crippen molar-refractivity contribution in [3.05, 3.63) is 78.9 Å². The van der Waals surface area contributed by atoms with Gasteiger partial charge in [-0.2, -0.15) is 0 Å². The van der Waals surface area contributed by atoms with Crippen molar-refractivity contribution < 1.29 is 25.3 Å². The Morgan fingerprint density at radius 2 is 1.44 bits per heavy atom. The average molecular weight is 835 g/mol. The third-order valence-electron chi connectivity index (χ3n) is 11.1. The lowest BCUT2D eigenvalue weighted by Crippen LogP contribution is -2.43. The van der Waals surface area contributed by atoms with E-state index >= 15 is 0 Å². The predicted octanol–water partition coefficient (Wildman–Crippen LogP) is 5.53. The van der Waals surface area contributed by atoms with Gasteiger partial charge in [0.2, 0.25) is 20.0 Å². The van der Waals surface area contributed by atoms with Gasteiger partial charge in [0.15, 0.2) is 9.84 Å². The minimum absolute atomic E-state index is 0.204. The summed E-state index contributed by atoms with van der Waals surface area (Å²) in [5, 5.41) is 1.12. The second-order valence-electron chi connectivity index (χ2n) is 15.1. The van der Waals surface area contributed by atoms with Crippen LogP contribution >= 0.6 is 0 Å². The zero-order chi connectivity index (χ0) is 40.0. The molecule has 2 aliphatic rings. The Hall–Kier alpha value is -4.69. The molecule has 6 heterocycles. The van der Waals surface area contributed by atoms with E-state index in [9.17, 15) is 25.3 Å². The second kappa shape index (κ2) is 15.6. The smallest absolute Gasteiger partial charge is 0.209 e. The molecule has 0 saturated heterocycles. The Morgan fingerprint density at radius 3 is 2.16 bits per heavy atom. The standard InChI is InChI=1S/C22H25N5O4S2.C16H21N5O2S/c1-32(28,29)27-20(22-25-17-13-24-21-16(11-12-23-21)19(17)26-22)15-9-5-6-10-18(15)33(30,31)14-7-3-2-4-8-14;1-24(22,23)19-10-14-20-13-9-18-16-12(7-8-17-16)15(13)21(14)11-5-3-2-4-6-11/h2-4,7-8,11-13,15,18,20,27H,5-6,9-10H2,1H3,(H,23,24)(H,25,26);7-9,11,19H,2-6,10H2,1H3,(H,17,18). The predicted molar refractivity (Wildman–Crippen MR) is 219 cm³/mol. The van der Waals surface area contributed by atoms with Crippen LogP contribution < -0.4 is 9.44 Å². The Morgan fingerprint density at radius 1 is 0.772 bits per heavy atom. The van der Waals surface area contributed by atoms with Crippen LogP contribution in [-0.4, -0.2) is 82.5 Å². The van der Waals surface area contributed by atoms with Gasteiger partial charge in [-0.1, -0.05) is 50.3 Å². The van der Waals surface area contributed by atoms with Crippen molar-refractivity contribution in [2.75, 3.05) is 12.5 Å². The van der Waals surface area contributed by atoms with E-state index in [-0.39, 0.29) is 11.4 Å². The van der Waals surface area contributed by atoms with Gasteiger partial charge >= 0.3 is 0 Å². The third-order valence-corrected chi connectivity index (χ3v) is 14.7. The summed E-state index contributed by atoms with van der Waals surface area (Å²) in [6.07, 6.45) is 17.8. The van der Waals surface area contributed by atoms with E-state index in [0.717, 1.165) is 65.2 Å². The van der Waals surface area contributed by atoms with E-state index in [1.165, 1.54) is 25.5 Å². The van der Waals surface area contributed by atoms with Crippen LogP contribution in [0, 0.1) is 5.92 Å². The van der Waals surface area contributed by atoms with E-state index in [0.29, 0.717) is 41.4 Å². The number of sulfonamides is 2. The molecule has 2 saturated carbocycles. The number of hydrogen-bond donors (Lipinski definition) is 5. The molecule has 9 rings (SSSR count). The maximum Gasteiger partial charge on any atom is 0.209 e. The van der Waals surface area contributed by atoms with Gasteiger partial charge < -0.3 is 19.5 Å². The van der Waals surface area contributed by atoms with Crippen LogP contribution in [0.25, 0.3) is 44.1 Å². The largest absolute Gasteiger partial charge is 0.346 e. The maximum absolute atomic E-state index is 13.6. The molecule has 16 nitrogen and oxygen atoms in total. The van der Waals surface area contributed by atoms with Gasteiger partial charge in [-0.3, -0.25) is 0 Å². The van der Waals surface area contributed by atoms with Crippen molar-refractivity contribution in [2.45, 2.75) is 86.6 Å². The molecule has 0 amide bonds. The van der Waals surface area contributed by atoms with Crippen LogP contribution in [-0.2, 0) is 36.4 Å². The van der Waals surface area contributed by atoms with Crippen molar-refractivity contribution >= 4 is 74.0 Å². The number of aromatic amines is 3. The van der Waals surface area contributed by atoms with Gasteiger partial charge in [0.1, 0.15) is 34.0 Å². The number of imidazole rings is 2. The fourth-order valence-corrected chi connectivity index (χ4v) is 11.8. The molecule has 19 heteroatoms. The molecule has 57 heavy (non-hydrogen) atoms. The van der Waals surface area contributed by atoms with Gasteiger partial charge in [0, 0.05) is 29.2 Å². The summed E-state index contributed by atoms with van der Waals surface area (Å²) >= 11 is 0. The van der Waals surface area contributed by atoms with Crippen LogP contribution in [0.2, 0.25) is 0 Å². The summed E-state index contributed by atoms with van der Waals surface area (Å²) in [5.41, 5.74) is 4.71. The first-order valence-corrected chi connectivity index (χ1v) is 24.5. The lowest BCUT2D eigenvalue weighted by Gasteiger charge is -2.36. The number of H-pyrrole nitrogens is 3. The monoisotopic (exact) mass is 834 g/mol. The zero-order valence-electron chi connectivity index (χ0n) is 31.6. The van der Waals surface area contributed by atoms with E-state index < -0.39 is 47.1 Å². The quantitative estimate of drug-likeness (QED) is 0.116.